The molecule has 1 atom stereocenters. The molecule has 5 nitrogen and oxygen atoms in total. The van der Waals surface area contributed by atoms with Crippen LogP contribution in [-0.4, -0.2) is 36.2 Å². The first kappa shape index (κ1) is 18.1. The van der Waals surface area contributed by atoms with Crippen molar-refractivity contribution in [2.75, 3.05) is 18.1 Å². The standard InChI is InChI=1S/C20H20FNO4/c21-16-9-7-14(8-10-16)3-1-6-18(23)19(24)15-4-2-5-17(13-15)22-11-12-26-20(22)25/h2,4-5,7-10,13,18,23H,1,3,6,11-12H2/t18-/m0/s1. The zero-order valence-corrected chi connectivity index (χ0v) is 14.2. The molecule has 26 heavy (non-hydrogen) atoms. The van der Waals surface area contributed by atoms with Gasteiger partial charge in [0.15, 0.2) is 5.78 Å². The summed E-state index contributed by atoms with van der Waals surface area (Å²) in [5, 5.41) is 10.2. The summed E-state index contributed by atoms with van der Waals surface area (Å²) < 4.78 is 17.8. The van der Waals surface area contributed by atoms with E-state index < -0.39 is 12.2 Å². The number of ketones is 1. The van der Waals surface area contributed by atoms with Crippen LogP contribution in [0.1, 0.15) is 28.8 Å². The zero-order chi connectivity index (χ0) is 18.5. The van der Waals surface area contributed by atoms with Crippen molar-refractivity contribution in [2.24, 2.45) is 0 Å². The summed E-state index contributed by atoms with van der Waals surface area (Å²) in [6.07, 6.45) is 0.0262. The summed E-state index contributed by atoms with van der Waals surface area (Å²) in [6, 6.07) is 12.8. The van der Waals surface area contributed by atoms with Crippen molar-refractivity contribution in [3.8, 4) is 0 Å². The Kier molecular flexibility index (Phi) is 5.63. The first-order chi connectivity index (χ1) is 12.5. The maximum absolute atomic E-state index is 12.9. The van der Waals surface area contributed by atoms with Gasteiger partial charge >= 0.3 is 6.09 Å². The number of halogens is 1. The number of anilines is 1. The smallest absolute Gasteiger partial charge is 0.414 e. The second kappa shape index (κ2) is 8.10. The minimum absolute atomic E-state index is 0.286. The van der Waals surface area contributed by atoms with Crippen LogP contribution < -0.4 is 4.90 Å². The van der Waals surface area contributed by atoms with E-state index in [-0.39, 0.29) is 11.6 Å². The number of nitrogens with zero attached hydrogens (tertiary/aromatic N) is 1. The van der Waals surface area contributed by atoms with Crippen LogP contribution in [-0.2, 0) is 11.2 Å². The number of ether oxygens (including phenoxy) is 1. The van der Waals surface area contributed by atoms with E-state index >= 15 is 0 Å². The number of amides is 1. The molecular formula is C20H20FNO4. The molecule has 1 fully saturated rings. The lowest BCUT2D eigenvalue weighted by atomic mass is 9.99. The van der Waals surface area contributed by atoms with Crippen molar-refractivity contribution in [2.45, 2.75) is 25.4 Å². The fraction of sp³-hybridized carbons (Fsp3) is 0.300. The number of carbonyl (C=O) groups excluding carboxylic acids is 2. The van der Waals surface area contributed by atoms with Crippen LogP contribution >= 0.6 is 0 Å². The maximum Gasteiger partial charge on any atom is 0.414 e. The monoisotopic (exact) mass is 357 g/mol. The molecule has 1 heterocycles. The lowest BCUT2D eigenvalue weighted by Crippen LogP contribution is -2.24. The number of rotatable bonds is 7. The van der Waals surface area contributed by atoms with Crippen molar-refractivity contribution >= 4 is 17.6 Å². The zero-order valence-electron chi connectivity index (χ0n) is 14.2. The van der Waals surface area contributed by atoms with Crippen molar-refractivity contribution in [1.29, 1.82) is 0 Å². The number of carbonyl (C=O) groups is 2. The molecule has 2 aromatic rings. The topological polar surface area (TPSA) is 66.8 Å². The molecule has 1 aliphatic heterocycles. The third-order valence-electron chi connectivity index (χ3n) is 4.36. The molecule has 0 unspecified atom stereocenters. The van der Waals surface area contributed by atoms with Gasteiger partial charge in [-0.3, -0.25) is 9.69 Å². The summed E-state index contributed by atoms with van der Waals surface area (Å²) in [4.78, 5) is 25.5. The van der Waals surface area contributed by atoms with Gasteiger partial charge in [0.2, 0.25) is 0 Å². The van der Waals surface area contributed by atoms with E-state index in [0.29, 0.717) is 43.7 Å². The number of benzene rings is 2. The highest BCUT2D eigenvalue weighted by atomic mass is 19.1. The van der Waals surface area contributed by atoms with Crippen molar-refractivity contribution in [3.63, 3.8) is 0 Å². The molecule has 3 rings (SSSR count). The van der Waals surface area contributed by atoms with Crippen LogP contribution in [0.2, 0.25) is 0 Å². The molecule has 0 bridgehead atoms. The first-order valence-electron chi connectivity index (χ1n) is 8.55. The molecule has 1 saturated heterocycles. The van der Waals surface area contributed by atoms with Crippen LogP contribution in [0, 0.1) is 5.82 Å². The van der Waals surface area contributed by atoms with E-state index in [9.17, 15) is 19.1 Å². The Hall–Kier alpha value is -2.73. The molecule has 136 valence electrons. The molecule has 0 spiro atoms. The van der Waals surface area contributed by atoms with Gasteiger partial charge in [-0.25, -0.2) is 9.18 Å². The Morgan fingerprint density at radius 2 is 2.00 bits per heavy atom. The number of Topliss-reactive ketones (excluding diaryl/α,β-unsaturated/α-hetero) is 1. The molecule has 6 heteroatoms. The molecular weight excluding hydrogens is 337 g/mol. The van der Waals surface area contributed by atoms with Crippen LogP contribution in [0.15, 0.2) is 48.5 Å². The number of aliphatic hydroxyl groups excluding tert-OH is 1. The van der Waals surface area contributed by atoms with Crippen LogP contribution in [0.4, 0.5) is 14.9 Å². The van der Waals surface area contributed by atoms with E-state index in [1.54, 1.807) is 36.4 Å². The Morgan fingerprint density at radius 3 is 2.69 bits per heavy atom. The second-order valence-corrected chi connectivity index (χ2v) is 6.22. The second-order valence-electron chi connectivity index (χ2n) is 6.22. The molecule has 2 aromatic carbocycles. The predicted molar refractivity (Wildman–Crippen MR) is 94.8 cm³/mol. The summed E-state index contributed by atoms with van der Waals surface area (Å²) in [5.41, 5.74) is 1.90. The van der Waals surface area contributed by atoms with E-state index in [1.165, 1.54) is 17.0 Å². The SMILES string of the molecule is O=C(c1cccc(N2CCOC2=O)c1)[C@@H](O)CCCc1ccc(F)cc1. The minimum Gasteiger partial charge on any atom is -0.447 e. The van der Waals surface area contributed by atoms with E-state index in [1.807, 2.05) is 0 Å². The van der Waals surface area contributed by atoms with Gasteiger partial charge in [-0.05, 0) is 49.1 Å². The summed E-state index contributed by atoms with van der Waals surface area (Å²) in [6.45, 7) is 0.764. The van der Waals surface area contributed by atoms with Gasteiger partial charge in [-0.1, -0.05) is 24.3 Å². The lowest BCUT2D eigenvalue weighted by molar-refractivity contribution is 0.0727. The normalized spacial score (nSPS) is 15.0. The molecule has 1 amide bonds. The molecule has 1 aliphatic rings. The summed E-state index contributed by atoms with van der Waals surface area (Å²) in [7, 11) is 0. The number of hydrogen-bond acceptors (Lipinski definition) is 4. The van der Waals surface area contributed by atoms with E-state index in [0.717, 1.165) is 5.56 Å². The summed E-state index contributed by atoms with van der Waals surface area (Å²) in [5.74, 6) is -0.663. The van der Waals surface area contributed by atoms with Crippen molar-refractivity contribution in [1.82, 2.24) is 0 Å². The van der Waals surface area contributed by atoms with Gasteiger partial charge in [0.1, 0.15) is 18.5 Å². The molecule has 0 saturated carbocycles. The van der Waals surface area contributed by atoms with Gasteiger partial charge in [0.05, 0.1) is 6.54 Å². The quantitative estimate of drug-likeness (QED) is 0.772. The van der Waals surface area contributed by atoms with Crippen LogP contribution in [0.5, 0.6) is 0 Å². The van der Waals surface area contributed by atoms with Crippen LogP contribution in [0.3, 0.4) is 0 Å². The molecule has 0 aliphatic carbocycles. The minimum atomic E-state index is -1.11. The highest BCUT2D eigenvalue weighted by molar-refractivity contribution is 6.01. The predicted octanol–water partition coefficient (Wildman–Crippen LogP) is 3.35. The number of aliphatic hydroxyl groups is 1. The largest absolute Gasteiger partial charge is 0.447 e. The highest BCUT2D eigenvalue weighted by Crippen LogP contribution is 2.21. The number of cyclic esters (lactones) is 1. The van der Waals surface area contributed by atoms with E-state index in [4.69, 9.17) is 4.74 Å². The first-order valence-corrected chi connectivity index (χ1v) is 8.55. The van der Waals surface area contributed by atoms with Gasteiger partial charge in [0.25, 0.3) is 0 Å². The Balaban J connectivity index is 1.57. The highest BCUT2D eigenvalue weighted by Gasteiger charge is 2.25. The molecule has 0 radical (unpaired) electrons. The van der Waals surface area contributed by atoms with Crippen molar-refractivity contribution < 1.29 is 23.8 Å². The van der Waals surface area contributed by atoms with E-state index in [2.05, 4.69) is 0 Å². The Labute approximate surface area is 151 Å². The number of aryl methyl sites for hydroxylation is 1. The van der Waals surface area contributed by atoms with Crippen molar-refractivity contribution in [3.05, 3.63) is 65.5 Å². The van der Waals surface area contributed by atoms with Gasteiger partial charge in [-0.15, -0.1) is 0 Å². The fourth-order valence-corrected chi connectivity index (χ4v) is 2.93. The summed E-state index contributed by atoms with van der Waals surface area (Å²) >= 11 is 0. The lowest BCUT2D eigenvalue weighted by Gasteiger charge is -2.15. The van der Waals surface area contributed by atoms with Gasteiger partial charge < -0.3 is 9.84 Å². The average molecular weight is 357 g/mol. The Bertz CT molecular complexity index is 791. The Morgan fingerprint density at radius 1 is 1.23 bits per heavy atom. The fourth-order valence-electron chi connectivity index (χ4n) is 2.93. The average Bonchev–Trinajstić information content (AvgIpc) is 3.08. The van der Waals surface area contributed by atoms with Gasteiger partial charge in [0, 0.05) is 11.3 Å². The molecule has 1 N–H and O–H groups in total. The van der Waals surface area contributed by atoms with Crippen LogP contribution in [0.25, 0.3) is 0 Å². The third-order valence-corrected chi connectivity index (χ3v) is 4.36. The van der Waals surface area contributed by atoms with Gasteiger partial charge in [-0.2, -0.15) is 0 Å². The number of hydrogen-bond donors (Lipinski definition) is 1. The third kappa shape index (κ3) is 4.26. The maximum atomic E-state index is 12.9. The molecule has 0 aromatic heterocycles.